The lowest BCUT2D eigenvalue weighted by molar-refractivity contribution is 0.0879. The van der Waals surface area contributed by atoms with Crippen molar-refractivity contribution in [3.8, 4) is 22.3 Å². The summed E-state index contributed by atoms with van der Waals surface area (Å²) in [5.41, 5.74) is 19.2. The Labute approximate surface area is 350 Å². The first-order chi connectivity index (χ1) is 29.2. The van der Waals surface area contributed by atoms with E-state index in [1.54, 1.807) is 22.3 Å². The van der Waals surface area contributed by atoms with Crippen molar-refractivity contribution in [1.82, 2.24) is 0 Å². The molecule has 290 valence electrons. The number of hydrogen-bond acceptors (Lipinski definition) is 2. The molecule has 3 saturated carbocycles. The summed E-state index contributed by atoms with van der Waals surface area (Å²) in [7, 11) is 0. The lowest BCUT2D eigenvalue weighted by Crippen LogP contribution is -2.38. The lowest BCUT2D eigenvalue weighted by Gasteiger charge is -2.51. The van der Waals surface area contributed by atoms with Gasteiger partial charge in [-0.15, -0.1) is 0 Å². The highest BCUT2D eigenvalue weighted by molar-refractivity contribution is 5.85. The smallest absolute Gasteiger partial charge is 0.0482 e. The molecule has 0 amide bonds. The second kappa shape index (κ2) is 14.2. The minimum absolute atomic E-state index is 0.600. The third kappa shape index (κ3) is 5.97. The van der Waals surface area contributed by atoms with Gasteiger partial charge >= 0.3 is 0 Å². The second-order valence-electron chi connectivity index (χ2n) is 18.4. The maximum absolute atomic E-state index is 2.57. The van der Waals surface area contributed by atoms with Crippen LogP contribution in [0.1, 0.15) is 110 Å². The van der Waals surface area contributed by atoms with E-state index in [0.29, 0.717) is 11.3 Å². The van der Waals surface area contributed by atoms with E-state index >= 15 is 0 Å². The standard InChI is InChI=1S/C57H52N2/c1-3-15-46(16-4-1)58(48-19-8-13-41(33-48)43-25-27-52-39-11-7-12-40(24-23-39)54(52)35-43)50-21-10-22-51(37-50)59(47-17-5-2-6-18-47)49-20-9-14-42(34-49)44-26-28-53-45-29-31-57(38-45)32-30-56(57)55(53)36-44/h1-6,8-10,13-22,25-28,33-37,39-40,45,56H,7,11-12,23-24,29-32,38H2. The monoisotopic (exact) mass is 764 g/mol. The Morgan fingerprint density at radius 3 is 1.39 bits per heavy atom. The molecule has 59 heavy (non-hydrogen) atoms. The van der Waals surface area contributed by atoms with Gasteiger partial charge in [-0.2, -0.15) is 0 Å². The molecule has 2 heteroatoms. The Morgan fingerprint density at radius 2 is 0.814 bits per heavy atom. The fraction of sp³-hybridized carbons (Fsp3) is 0.263. The van der Waals surface area contributed by atoms with Crippen molar-refractivity contribution >= 4 is 34.1 Å². The SMILES string of the molecule is c1ccc(N(c2cccc(-c3ccc4c(c3)C3CCCC4CC3)c2)c2cccc(N(c3ccccc3)c3cccc(-c4ccc5c(c4)C4CCC46CCC5C6)c3)c2)cc1. The van der Waals surface area contributed by atoms with Crippen LogP contribution in [0, 0.1) is 5.41 Å². The van der Waals surface area contributed by atoms with E-state index in [9.17, 15) is 0 Å². The summed E-state index contributed by atoms with van der Waals surface area (Å²) in [6.07, 6.45) is 13.8. The molecule has 0 aliphatic heterocycles. The lowest BCUT2D eigenvalue weighted by atomic mass is 9.53. The number of fused-ring (bicyclic) bond motifs is 7. The van der Waals surface area contributed by atoms with Gasteiger partial charge in [0.1, 0.15) is 0 Å². The van der Waals surface area contributed by atoms with Crippen molar-refractivity contribution < 1.29 is 0 Å². The number of nitrogens with zero attached hydrogens (tertiary/aromatic N) is 2. The Hall–Kier alpha value is -5.86. The van der Waals surface area contributed by atoms with Gasteiger partial charge in [0, 0.05) is 34.1 Å². The third-order valence-electron chi connectivity index (χ3n) is 15.4. The molecule has 13 rings (SSSR count). The zero-order chi connectivity index (χ0) is 38.9. The summed E-state index contributed by atoms with van der Waals surface area (Å²) in [6, 6.07) is 64.1. The molecule has 6 aliphatic carbocycles. The molecule has 0 heterocycles. The van der Waals surface area contributed by atoms with Crippen LogP contribution in [0.4, 0.5) is 34.1 Å². The van der Waals surface area contributed by atoms with Crippen LogP contribution in [0.25, 0.3) is 22.3 Å². The van der Waals surface area contributed by atoms with Crippen LogP contribution >= 0.6 is 0 Å². The molecule has 0 saturated heterocycles. The first-order valence-corrected chi connectivity index (χ1v) is 22.5. The quantitative estimate of drug-likeness (QED) is 0.152. The summed E-state index contributed by atoms with van der Waals surface area (Å²) in [5, 5.41) is 0. The summed E-state index contributed by atoms with van der Waals surface area (Å²) in [5.74, 6) is 2.99. The van der Waals surface area contributed by atoms with Crippen LogP contribution in [-0.2, 0) is 0 Å². The zero-order valence-electron chi connectivity index (χ0n) is 33.9. The van der Waals surface area contributed by atoms with Crippen molar-refractivity contribution in [2.45, 2.75) is 87.9 Å². The largest absolute Gasteiger partial charge is 0.310 e. The highest BCUT2D eigenvalue weighted by atomic mass is 15.2. The van der Waals surface area contributed by atoms with Gasteiger partial charge in [-0.25, -0.2) is 0 Å². The van der Waals surface area contributed by atoms with Crippen LogP contribution < -0.4 is 9.80 Å². The highest BCUT2D eigenvalue weighted by Gasteiger charge is 2.55. The minimum atomic E-state index is 0.600. The van der Waals surface area contributed by atoms with E-state index in [-0.39, 0.29) is 0 Å². The second-order valence-corrected chi connectivity index (χ2v) is 18.4. The van der Waals surface area contributed by atoms with E-state index < -0.39 is 0 Å². The van der Waals surface area contributed by atoms with Crippen LogP contribution in [0.2, 0.25) is 0 Å². The summed E-state index contributed by atoms with van der Waals surface area (Å²) in [4.78, 5) is 4.85. The molecule has 0 N–H and O–H groups in total. The van der Waals surface area contributed by atoms with Gasteiger partial charge in [0.05, 0.1) is 0 Å². The fourth-order valence-corrected chi connectivity index (χ4v) is 12.4. The molecule has 6 aliphatic rings. The van der Waals surface area contributed by atoms with E-state index in [0.717, 1.165) is 51.9 Å². The van der Waals surface area contributed by atoms with E-state index in [4.69, 9.17) is 0 Å². The molecule has 7 aromatic rings. The normalized spacial score (nSPS) is 23.3. The number of anilines is 6. The van der Waals surface area contributed by atoms with Gasteiger partial charge in [-0.05, 0) is 198 Å². The zero-order valence-corrected chi connectivity index (χ0v) is 33.9. The molecule has 0 aromatic heterocycles. The number of benzene rings is 7. The van der Waals surface area contributed by atoms with Crippen LogP contribution in [-0.4, -0.2) is 0 Å². The Balaban J connectivity index is 0.931. The van der Waals surface area contributed by atoms with Crippen molar-refractivity contribution in [2.75, 3.05) is 9.80 Å². The fourth-order valence-electron chi connectivity index (χ4n) is 12.4. The number of para-hydroxylation sites is 2. The summed E-state index contributed by atoms with van der Waals surface area (Å²) >= 11 is 0. The average molecular weight is 765 g/mol. The highest BCUT2D eigenvalue weighted by Crippen LogP contribution is 2.69. The minimum Gasteiger partial charge on any atom is -0.310 e. The molecular formula is C57H52N2. The maximum Gasteiger partial charge on any atom is 0.0482 e. The molecule has 4 bridgehead atoms. The molecule has 0 radical (unpaired) electrons. The van der Waals surface area contributed by atoms with Gasteiger partial charge < -0.3 is 9.80 Å². The van der Waals surface area contributed by atoms with Gasteiger partial charge in [-0.1, -0.05) is 110 Å². The maximum atomic E-state index is 2.57. The van der Waals surface area contributed by atoms with E-state index in [2.05, 4.69) is 180 Å². The molecule has 7 aromatic carbocycles. The molecule has 2 nitrogen and oxygen atoms in total. The average Bonchev–Trinajstić information content (AvgIpc) is 3.47. The van der Waals surface area contributed by atoms with Gasteiger partial charge in [0.2, 0.25) is 0 Å². The Bertz CT molecular complexity index is 2680. The molecule has 3 fully saturated rings. The Morgan fingerprint density at radius 1 is 0.339 bits per heavy atom. The van der Waals surface area contributed by atoms with Crippen LogP contribution in [0.5, 0.6) is 0 Å². The van der Waals surface area contributed by atoms with E-state index in [1.807, 2.05) is 0 Å². The van der Waals surface area contributed by atoms with Gasteiger partial charge in [-0.3, -0.25) is 0 Å². The third-order valence-corrected chi connectivity index (χ3v) is 15.4. The molecule has 1 spiro atoms. The van der Waals surface area contributed by atoms with Gasteiger partial charge in [0.25, 0.3) is 0 Å². The van der Waals surface area contributed by atoms with Gasteiger partial charge in [0.15, 0.2) is 0 Å². The molecule has 5 unspecified atom stereocenters. The van der Waals surface area contributed by atoms with Crippen molar-refractivity contribution in [2.24, 2.45) is 5.41 Å². The first kappa shape index (κ1) is 35.1. The number of hydrogen-bond donors (Lipinski definition) is 0. The summed E-state index contributed by atoms with van der Waals surface area (Å²) < 4.78 is 0. The van der Waals surface area contributed by atoms with Crippen molar-refractivity contribution in [3.05, 3.63) is 192 Å². The van der Waals surface area contributed by atoms with Crippen LogP contribution in [0.3, 0.4) is 0 Å². The van der Waals surface area contributed by atoms with Crippen molar-refractivity contribution in [1.29, 1.82) is 0 Å². The topological polar surface area (TPSA) is 6.48 Å². The molecule has 5 atom stereocenters. The predicted molar refractivity (Wildman–Crippen MR) is 246 cm³/mol. The van der Waals surface area contributed by atoms with Crippen LogP contribution in [0.15, 0.2) is 170 Å². The predicted octanol–water partition coefficient (Wildman–Crippen LogP) is 16.2. The first-order valence-electron chi connectivity index (χ1n) is 22.5. The van der Waals surface area contributed by atoms with E-state index in [1.165, 1.54) is 86.5 Å². The molecular weight excluding hydrogens is 713 g/mol. The number of rotatable bonds is 8. The Kier molecular flexibility index (Phi) is 8.43. The van der Waals surface area contributed by atoms with Crippen molar-refractivity contribution in [3.63, 3.8) is 0 Å². The summed E-state index contributed by atoms with van der Waals surface area (Å²) in [6.45, 7) is 0.